The number of nitrogens with zero attached hydrogens (tertiary/aromatic N) is 1. The van der Waals surface area contributed by atoms with Crippen LogP contribution in [0.5, 0.6) is 0 Å². The summed E-state index contributed by atoms with van der Waals surface area (Å²) in [5, 5.41) is 13.0. The molecular formula is C14H24N2O2. The highest BCUT2D eigenvalue weighted by molar-refractivity contribution is 5.82. The third kappa shape index (κ3) is 2.86. The largest absolute Gasteiger partial charge is 0.393 e. The van der Waals surface area contributed by atoms with Gasteiger partial charge in [0.1, 0.15) is 0 Å². The molecule has 3 rings (SSSR count). The van der Waals surface area contributed by atoms with Gasteiger partial charge in [-0.3, -0.25) is 4.79 Å². The summed E-state index contributed by atoms with van der Waals surface area (Å²) < 4.78 is 0. The molecule has 4 heteroatoms. The fraction of sp³-hybridized carbons (Fsp3) is 0.929. The van der Waals surface area contributed by atoms with E-state index in [-0.39, 0.29) is 12.1 Å². The number of likely N-dealkylation sites (tertiary alicyclic amines) is 1. The number of carbonyl (C=O) groups is 1. The molecule has 0 spiro atoms. The number of piperidine rings is 1. The monoisotopic (exact) mass is 252 g/mol. The van der Waals surface area contributed by atoms with Gasteiger partial charge in [0.25, 0.3) is 0 Å². The number of aliphatic hydroxyl groups excluding tert-OH is 1. The fourth-order valence-electron chi connectivity index (χ4n) is 3.34. The van der Waals surface area contributed by atoms with E-state index in [1.807, 2.05) is 4.90 Å². The molecule has 1 saturated heterocycles. The SMILES string of the molecule is O=C1C(NC2CC2)CCCN1CC1CCC(O)C1. The van der Waals surface area contributed by atoms with Gasteiger partial charge in [-0.05, 0) is 50.9 Å². The summed E-state index contributed by atoms with van der Waals surface area (Å²) in [4.78, 5) is 14.4. The molecule has 4 nitrogen and oxygen atoms in total. The van der Waals surface area contributed by atoms with Gasteiger partial charge in [-0.25, -0.2) is 0 Å². The lowest BCUT2D eigenvalue weighted by atomic mass is 10.0. The molecule has 3 aliphatic rings. The maximum absolute atomic E-state index is 12.4. The second-order valence-corrected chi connectivity index (χ2v) is 6.25. The Morgan fingerprint density at radius 1 is 1.22 bits per heavy atom. The Hall–Kier alpha value is -0.610. The first kappa shape index (κ1) is 12.4. The minimum absolute atomic E-state index is 0.0672. The zero-order chi connectivity index (χ0) is 12.5. The van der Waals surface area contributed by atoms with Crippen LogP contribution in [-0.4, -0.2) is 47.2 Å². The molecule has 1 heterocycles. The van der Waals surface area contributed by atoms with Crippen LogP contribution in [0.2, 0.25) is 0 Å². The maximum Gasteiger partial charge on any atom is 0.239 e. The number of aliphatic hydroxyl groups is 1. The van der Waals surface area contributed by atoms with E-state index in [1.54, 1.807) is 0 Å². The van der Waals surface area contributed by atoms with Gasteiger partial charge in [0.2, 0.25) is 5.91 Å². The molecule has 0 aromatic carbocycles. The van der Waals surface area contributed by atoms with Crippen LogP contribution in [0.15, 0.2) is 0 Å². The van der Waals surface area contributed by atoms with Gasteiger partial charge in [0.15, 0.2) is 0 Å². The standard InChI is InChI=1S/C14H24N2O2/c17-12-6-3-10(8-12)9-16-7-1-2-13(14(16)18)15-11-4-5-11/h10-13,15,17H,1-9H2. The molecule has 1 aliphatic heterocycles. The predicted molar refractivity (Wildman–Crippen MR) is 69.1 cm³/mol. The molecule has 18 heavy (non-hydrogen) atoms. The Morgan fingerprint density at radius 2 is 2.06 bits per heavy atom. The highest BCUT2D eigenvalue weighted by atomic mass is 16.3. The maximum atomic E-state index is 12.4. The van der Waals surface area contributed by atoms with Crippen molar-refractivity contribution in [2.24, 2.45) is 5.92 Å². The molecule has 2 saturated carbocycles. The summed E-state index contributed by atoms with van der Waals surface area (Å²) in [5.41, 5.74) is 0. The molecule has 0 aromatic heterocycles. The van der Waals surface area contributed by atoms with E-state index in [0.717, 1.165) is 45.2 Å². The predicted octanol–water partition coefficient (Wildman–Crippen LogP) is 0.890. The molecule has 102 valence electrons. The van der Waals surface area contributed by atoms with Gasteiger partial charge in [-0.1, -0.05) is 0 Å². The third-order valence-electron chi connectivity index (χ3n) is 4.54. The molecule has 0 bridgehead atoms. The van der Waals surface area contributed by atoms with Gasteiger partial charge < -0.3 is 15.3 Å². The van der Waals surface area contributed by atoms with Crippen LogP contribution in [-0.2, 0) is 4.79 Å². The second kappa shape index (κ2) is 5.17. The molecule has 2 aliphatic carbocycles. The van der Waals surface area contributed by atoms with E-state index >= 15 is 0 Å². The summed E-state index contributed by atoms with van der Waals surface area (Å²) in [6.07, 6.45) is 7.32. The van der Waals surface area contributed by atoms with E-state index in [0.29, 0.717) is 17.9 Å². The van der Waals surface area contributed by atoms with Crippen molar-refractivity contribution in [3.8, 4) is 0 Å². The number of hydrogen-bond donors (Lipinski definition) is 2. The smallest absolute Gasteiger partial charge is 0.239 e. The molecule has 1 amide bonds. The summed E-state index contributed by atoms with van der Waals surface area (Å²) in [6.45, 7) is 1.77. The van der Waals surface area contributed by atoms with Gasteiger partial charge in [0.05, 0.1) is 12.1 Å². The van der Waals surface area contributed by atoms with Crippen LogP contribution in [0, 0.1) is 5.92 Å². The molecule has 3 atom stereocenters. The Morgan fingerprint density at radius 3 is 2.72 bits per heavy atom. The number of nitrogens with one attached hydrogen (secondary N) is 1. The van der Waals surface area contributed by atoms with Gasteiger partial charge in [-0.2, -0.15) is 0 Å². The minimum Gasteiger partial charge on any atom is -0.393 e. The van der Waals surface area contributed by atoms with E-state index in [1.165, 1.54) is 12.8 Å². The van der Waals surface area contributed by atoms with E-state index in [4.69, 9.17) is 0 Å². The Labute approximate surface area is 109 Å². The van der Waals surface area contributed by atoms with Crippen molar-refractivity contribution in [2.75, 3.05) is 13.1 Å². The zero-order valence-electron chi connectivity index (χ0n) is 11.0. The van der Waals surface area contributed by atoms with Crippen LogP contribution >= 0.6 is 0 Å². The van der Waals surface area contributed by atoms with Crippen molar-refractivity contribution in [3.63, 3.8) is 0 Å². The molecule has 0 aromatic rings. The first-order valence-electron chi connectivity index (χ1n) is 7.45. The highest BCUT2D eigenvalue weighted by Gasteiger charge is 2.35. The van der Waals surface area contributed by atoms with Crippen molar-refractivity contribution in [3.05, 3.63) is 0 Å². The van der Waals surface area contributed by atoms with E-state index < -0.39 is 0 Å². The van der Waals surface area contributed by atoms with Crippen LogP contribution in [0.3, 0.4) is 0 Å². The first-order chi connectivity index (χ1) is 8.72. The first-order valence-corrected chi connectivity index (χ1v) is 7.45. The topological polar surface area (TPSA) is 52.6 Å². The second-order valence-electron chi connectivity index (χ2n) is 6.25. The van der Waals surface area contributed by atoms with Crippen molar-refractivity contribution in [2.45, 2.75) is 63.1 Å². The lowest BCUT2D eigenvalue weighted by Gasteiger charge is -2.34. The van der Waals surface area contributed by atoms with Crippen LogP contribution in [0.1, 0.15) is 44.9 Å². The lowest BCUT2D eigenvalue weighted by molar-refractivity contribution is -0.136. The fourth-order valence-corrected chi connectivity index (χ4v) is 3.34. The normalized spacial score (nSPS) is 37.3. The average Bonchev–Trinajstić information content (AvgIpc) is 3.07. The van der Waals surface area contributed by atoms with Crippen LogP contribution in [0.4, 0.5) is 0 Å². The molecule has 3 unspecified atom stereocenters. The van der Waals surface area contributed by atoms with E-state index in [2.05, 4.69) is 5.32 Å². The van der Waals surface area contributed by atoms with Crippen molar-refractivity contribution in [1.29, 1.82) is 0 Å². The molecule has 2 N–H and O–H groups in total. The van der Waals surface area contributed by atoms with E-state index in [9.17, 15) is 9.90 Å². The van der Waals surface area contributed by atoms with Crippen molar-refractivity contribution < 1.29 is 9.90 Å². The molecule has 3 fully saturated rings. The average molecular weight is 252 g/mol. The highest BCUT2D eigenvalue weighted by Crippen LogP contribution is 2.28. The van der Waals surface area contributed by atoms with Gasteiger partial charge in [-0.15, -0.1) is 0 Å². The zero-order valence-corrected chi connectivity index (χ0v) is 11.0. The third-order valence-corrected chi connectivity index (χ3v) is 4.54. The number of rotatable bonds is 4. The van der Waals surface area contributed by atoms with Crippen molar-refractivity contribution >= 4 is 5.91 Å². The quantitative estimate of drug-likeness (QED) is 0.781. The number of carbonyl (C=O) groups excluding carboxylic acids is 1. The minimum atomic E-state index is -0.129. The summed E-state index contributed by atoms with van der Waals surface area (Å²) >= 11 is 0. The van der Waals surface area contributed by atoms with Gasteiger partial charge in [0, 0.05) is 19.1 Å². The van der Waals surface area contributed by atoms with Crippen LogP contribution < -0.4 is 5.32 Å². The molecular weight excluding hydrogens is 228 g/mol. The van der Waals surface area contributed by atoms with Crippen molar-refractivity contribution in [1.82, 2.24) is 10.2 Å². The summed E-state index contributed by atoms with van der Waals surface area (Å²) in [7, 11) is 0. The Bertz CT molecular complexity index is 317. The summed E-state index contributed by atoms with van der Waals surface area (Å²) in [6, 6.07) is 0.671. The van der Waals surface area contributed by atoms with Gasteiger partial charge >= 0.3 is 0 Å². The Kier molecular flexibility index (Phi) is 3.57. The molecule has 0 radical (unpaired) electrons. The number of hydrogen-bond acceptors (Lipinski definition) is 3. The Balaban J connectivity index is 1.52. The summed E-state index contributed by atoms with van der Waals surface area (Å²) in [5.74, 6) is 0.818. The lowest BCUT2D eigenvalue weighted by Crippen LogP contribution is -2.52. The number of amides is 1. The van der Waals surface area contributed by atoms with Crippen LogP contribution in [0.25, 0.3) is 0 Å².